The summed E-state index contributed by atoms with van der Waals surface area (Å²) in [5, 5.41) is 10.4. The van der Waals surface area contributed by atoms with Gasteiger partial charge in [0, 0.05) is 5.56 Å². The third kappa shape index (κ3) is 2.45. The van der Waals surface area contributed by atoms with Gasteiger partial charge in [0.1, 0.15) is 17.7 Å². The first-order valence-corrected chi connectivity index (χ1v) is 7.33. The normalized spacial score (nSPS) is 15.3. The molecule has 0 bridgehead atoms. The van der Waals surface area contributed by atoms with Crippen LogP contribution in [-0.2, 0) is 6.42 Å². The molecule has 1 N–H and O–H groups in total. The van der Waals surface area contributed by atoms with Crippen molar-refractivity contribution >= 4 is 15.9 Å². The first-order chi connectivity index (χ1) is 9.66. The minimum atomic E-state index is -0.972. The van der Waals surface area contributed by atoms with E-state index in [-0.39, 0.29) is 5.56 Å². The maximum Gasteiger partial charge on any atom is 0.143 e. The Morgan fingerprint density at radius 2 is 2.10 bits per heavy atom. The van der Waals surface area contributed by atoms with Crippen molar-refractivity contribution in [1.29, 1.82) is 0 Å². The maximum atomic E-state index is 14.0. The van der Waals surface area contributed by atoms with Gasteiger partial charge in [0.2, 0.25) is 0 Å². The van der Waals surface area contributed by atoms with E-state index in [0.29, 0.717) is 10.0 Å². The number of hydrogen-bond donors (Lipinski definition) is 1. The number of aliphatic hydroxyl groups excluding tert-OH is 1. The van der Waals surface area contributed by atoms with E-state index >= 15 is 0 Å². The zero-order valence-electron chi connectivity index (χ0n) is 10.8. The van der Waals surface area contributed by atoms with Crippen LogP contribution in [0.5, 0.6) is 5.75 Å². The Balaban J connectivity index is 1.98. The quantitative estimate of drug-likeness (QED) is 0.898. The van der Waals surface area contributed by atoms with E-state index in [0.717, 1.165) is 30.8 Å². The molecule has 0 aliphatic carbocycles. The van der Waals surface area contributed by atoms with Gasteiger partial charge in [0.05, 0.1) is 11.1 Å². The fraction of sp³-hybridized carbons (Fsp3) is 0.250. The molecule has 0 fully saturated rings. The second kappa shape index (κ2) is 5.54. The summed E-state index contributed by atoms with van der Waals surface area (Å²) in [5.74, 6) is 0.441. The second-order valence-electron chi connectivity index (χ2n) is 4.86. The average molecular weight is 337 g/mol. The van der Waals surface area contributed by atoms with Gasteiger partial charge >= 0.3 is 0 Å². The minimum absolute atomic E-state index is 0.274. The van der Waals surface area contributed by atoms with Crippen LogP contribution in [-0.4, -0.2) is 11.7 Å². The largest absolute Gasteiger partial charge is 0.493 e. The molecular weight excluding hydrogens is 323 g/mol. The zero-order valence-corrected chi connectivity index (χ0v) is 12.4. The van der Waals surface area contributed by atoms with Crippen LogP contribution >= 0.6 is 15.9 Å². The summed E-state index contributed by atoms with van der Waals surface area (Å²) >= 11 is 3.14. The number of rotatable bonds is 2. The van der Waals surface area contributed by atoms with Crippen LogP contribution in [0.3, 0.4) is 0 Å². The van der Waals surface area contributed by atoms with E-state index in [1.54, 1.807) is 24.3 Å². The number of fused-ring (bicyclic) bond motifs is 1. The van der Waals surface area contributed by atoms with Crippen LogP contribution in [0.4, 0.5) is 4.39 Å². The molecule has 0 aromatic heterocycles. The highest BCUT2D eigenvalue weighted by Gasteiger charge is 2.19. The molecular formula is C16H14BrFO2. The summed E-state index contributed by atoms with van der Waals surface area (Å²) in [7, 11) is 0. The Kier molecular flexibility index (Phi) is 3.76. The van der Waals surface area contributed by atoms with Crippen LogP contribution in [0.15, 0.2) is 40.9 Å². The molecule has 1 atom stereocenters. The Morgan fingerprint density at radius 1 is 1.25 bits per heavy atom. The molecule has 2 nitrogen and oxygen atoms in total. The number of hydrogen-bond acceptors (Lipinski definition) is 2. The summed E-state index contributed by atoms with van der Waals surface area (Å²) in [6.45, 7) is 0.731. The number of aryl methyl sites for hydroxylation is 1. The lowest BCUT2D eigenvalue weighted by Crippen LogP contribution is -2.10. The maximum absolute atomic E-state index is 14.0. The van der Waals surface area contributed by atoms with E-state index in [1.165, 1.54) is 0 Å². The highest BCUT2D eigenvalue weighted by molar-refractivity contribution is 9.10. The summed E-state index contributed by atoms with van der Waals surface area (Å²) in [4.78, 5) is 0. The molecule has 104 valence electrons. The first kappa shape index (κ1) is 13.6. The Labute approximate surface area is 125 Å². The van der Waals surface area contributed by atoms with Gasteiger partial charge in [0.25, 0.3) is 0 Å². The Hall–Kier alpha value is -1.39. The molecule has 2 aromatic carbocycles. The predicted octanol–water partition coefficient (Wildman–Crippen LogP) is 3.99. The molecule has 1 heterocycles. The third-order valence-corrected chi connectivity index (χ3v) is 4.14. The Bertz CT molecular complexity index is 642. The van der Waals surface area contributed by atoms with Crippen molar-refractivity contribution in [3.63, 3.8) is 0 Å². The molecule has 0 amide bonds. The molecule has 1 aliphatic heterocycles. The molecule has 0 saturated carbocycles. The SMILES string of the molecule is OC(c1ccc2c(c1)CCCO2)c1cccc(Br)c1F. The average Bonchev–Trinajstić information content (AvgIpc) is 2.49. The molecule has 0 saturated heterocycles. The number of ether oxygens (including phenoxy) is 1. The number of halogens is 2. The van der Waals surface area contributed by atoms with Crippen LogP contribution in [0.25, 0.3) is 0 Å². The van der Waals surface area contributed by atoms with E-state index in [1.807, 2.05) is 12.1 Å². The number of aliphatic hydroxyl groups is 1. The molecule has 1 aliphatic rings. The lowest BCUT2D eigenvalue weighted by atomic mass is 9.96. The van der Waals surface area contributed by atoms with Crippen LogP contribution in [0.1, 0.15) is 29.2 Å². The number of benzene rings is 2. The van der Waals surface area contributed by atoms with Crippen molar-refractivity contribution in [2.45, 2.75) is 18.9 Å². The van der Waals surface area contributed by atoms with Gasteiger partial charge in [0.15, 0.2) is 0 Å². The van der Waals surface area contributed by atoms with E-state index in [2.05, 4.69) is 15.9 Å². The molecule has 20 heavy (non-hydrogen) atoms. The van der Waals surface area contributed by atoms with Gasteiger partial charge in [-0.1, -0.05) is 18.2 Å². The molecule has 4 heteroatoms. The van der Waals surface area contributed by atoms with Gasteiger partial charge in [-0.15, -0.1) is 0 Å². The van der Waals surface area contributed by atoms with Gasteiger partial charge in [-0.3, -0.25) is 0 Å². The molecule has 2 aromatic rings. The van der Waals surface area contributed by atoms with Gasteiger partial charge < -0.3 is 9.84 Å². The van der Waals surface area contributed by atoms with Crippen LogP contribution < -0.4 is 4.74 Å². The summed E-state index contributed by atoms with van der Waals surface area (Å²) < 4.78 is 19.9. The lowest BCUT2D eigenvalue weighted by Gasteiger charge is -2.20. The highest BCUT2D eigenvalue weighted by atomic mass is 79.9. The highest BCUT2D eigenvalue weighted by Crippen LogP contribution is 2.32. The monoisotopic (exact) mass is 336 g/mol. The summed E-state index contributed by atoms with van der Waals surface area (Å²) in [5.41, 5.74) is 2.03. The summed E-state index contributed by atoms with van der Waals surface area (Å²) in [6, 6.07) is 10.5. The smallest absolute Gasteiger partial charge is 0.143 e. The first-order valence-electron chi connectivity index (χ1n) is 6.54. The van der Waals surface area contributed by atoms with Gasteiger partial charge in [-0.05, 0) is 58.1 Å². The second-order valence-corrected chi connectivity index (χ2v) is 5.72. The van der Waals surface area contributed by atoms with Crippen molar-refractivity contribution in [3.05, 3.63) is 63.4 Å². The van der Waals surface area contributed by atoms with Crippen molar-refractivity contribution in [2.75, 3.05) is 6.61 Å². The molecule has 3 rings (SSSR count). The van der Waals surface area contributed by atoms with Crippen LogP contribution in [0.2, 0.25) is 0 Å². The van der Waals surface area contributed by atoms with Crippen molar-refractivity contribution in [3.8, 4) is 5.75 Å². The topological polar surface area (TPSA) is 29.5 Å². The van der Waals surface area contributed by atoms with E-state index in [4.69, 9.17) is 4.74 Å². The Morgan fingerprint density at radius 3 is 2.95 bits per heavy atom. The minimum Gasteiger partial charge on any atom is -0.493 e. The van der Waals surface area contributed by atoms with E-state index < -0.39 is 11.9 Å². The zero-order chi connectivity index (χ0) is 14.1. The summed E-state index contributed by atoms with van der Waals surface area (Å²) in [6.07, 6.45) is 0.925. The fourth-order valence-electron chi connectivity index (χ4n) is 2.46. The van der Waals surface area contributed by atoms with Crippen molar-refractivity contribution in [1.82, 2.24) is 0 Å². The van der Waals surface area contributed by atoms with E-state index in [9.17, 15) is 9.50 Å². The van der Waals surface area contributed by atoms with Crippen LogP contribution in [0, 0.1) is 5.82 Å². The van der Waals surface area contributed by atoms with Crippen molar-refractivity contribution < 1.29 is 14.2 Å². The van der Waals surface area contributed by atoms with Gasteiger partial charge in [-0.25, -0.2) is 4.39 Å². The predicted molar refractivity (Wildman–Crippen MR) is 78.4 cm³/mol. The molecule has 1 unspecified atom stereocenters. The standard InChI is InChI=1S/C16H14BrFO2/c17-13-5-1-4-12(15(13)18)16(19)11-6-7-14-10(9-11)3-2-8-20-14/h1,4-7,9,16,19H,2-3,8H2. The molecule has 0 spiro atoms. The lowest BCUT2D eigenvalue weighted by molar-refractivity contribution is 0.214. The molecule has 0 radical (unpaired) electrons. The fourth-order valence-corrected chi connectivity index (χ4v) is 2.84. The van der Waals surface area contributed by atoms with Gasteiger partial charge in [-0.2, -0.15) is 0 Å². The van der Waals surface area contributed by atoms with Crippen molar-refractivity contribution in [2.24, 2.45) is 0 Å². The third-order valence-electron chi connectivity index (χ3n) is 3.52.